The van der Waals surface area contributed by atoms with Crippen molar-refractivity contribution in [1.29, 1.82) is 0 Å². The lowest BCUT2D eigenvalue weighted by Gasteiger charge is -2.22. The van der Waals surface area contributed by atoms with E-state index in [1.807, 2.05) is 60.7 Å². The average Bonchev–Trinajstić information content (AvgIpc) is 3.29. The number of phosphoric ester groups is 1. The molecule has 0 fully saturated rings. The molecule has 9 heteroatoms. The van der Waals surface area contributed by atoms with Crippen molar-refractivity contribution in [2.24, 2.45) is 0 Å². The largest absolute Gasteiger partial charge is 0.475 e. The zero-order chi connectivity index (χ0) is 44.4. The van der Waals surface area contributed by atoms with Crippen molar-refractivity contribution in [3.05, 3.63) is 83.9 Å². The second-order valence-electron chi connectivity index (χ2n) is 17.1. The Hall–Kier alpha value is -2.77. The summed E-state index contributed by atoms with van der Waals surface area (Å²) < 4.78 is 42.7. The van der Waals surface area contributed by atoms with Crippen molar-refractivity contribution in [2.75, 3.05) is 13.2 Å². The molecule has 2 aromatic carbocycles. The fourth-order valence-electron chi connectivity index (χ4n) is 7.34. The number of hydrogen-bond donors (Lipinski definition) is 0. The van der Waals surface area contributed by atoms with Crippen LogP contribution in [0.15, 0.2) is 72.8 Å². The molecule has 62 heavy (non-hydrogen) atoms. The van der Waals surface area contributed by atoms with Crippen LogP contribution in [0.2, 0.25) is 0 Å². The number of esters is 2. The minimum absolute atomic E-state index is 0.00148. The molecule has 352 valence electrons. The van der Waals surface area contributed by atoms with Gasteiger partial charge in [0.1, 0.15) is 6.61 Å². The molecule has 0 unspecified atom stereocenters. The third-order valence-electron chi connectivity index (χ3n) is 11.2. The number of unbranched alkanes of at least 4 members (excludes halogenated alkanes) is 25. The smallest absolute Gasteiger partial charge is 0.462 e. The number of phosphoric acid groups is 1. The first-order chi connectivity index (χ1) is 30.4. The van der Waals surface area contributed by atoms with Gasteiger partial charge in [0, 0.05) is 12.8 Å². The van der Waals surface area contributed by atoms with Gasteiger partial charge in [-0.1, -0.05) is 228 Å². The van der Waals surface area contributed by atoms with Crippen LogP contribution in [0, 0.1) is 0 Å². The van der Waals surface area contributed by atoms with E-state index in [1.165, 1.54) is 122 Å². The molecule has 0 saturated carbocycles. The molecular weight excluding hydrogens is 796 g/mol. The summed E-state index contributed by atoms with van der Waals surface area (Å²) in [7, 11) is -4.13. The molecule has 0 aromatic heterocycles. The molecule has 0 N–H and O–H groups in total. The third kappa shape index (κ3) is 32.8. The zero-order valence-corrected chi connectivity index (χ0v) is 40.2. The summed E-state index contributed by atoms with van der Waals surface area (Å²) in [4.78, 5) is 25.9. The molecular formula is C53H87O8P. The second kappa shape index (κ2) is 39.8. The molecule has 0 spiro atoms. The van der Waals surface area contributed by atoms with Crippen LogP contribution in [-0.4, -0.2) is 31.3 Å². The van der Waals surface area contributed by atoms with E-state index in [2.05, 4.69) is 26.0 Å². The van der Waals surface area contributed by atoms with E-state index in [0.29, 0.717) is 0 Å². The number of allylic oxidation sites excluding steroid dienone is 2. The number of carbonyl (C=O) groups is 2. The Morgan fingerprint density at radius 3 is 1.26 bits per heavy atom. The summed E-state index contributed by atoms with van der Waals surface area (Å²) in [5.41, 5.74) is 1.60. The van der Waals surface area contributed by atoms with Crippen LogP contribution in [0.5, 0.6) is 0 Å². The molecule has 1 atom stereocenters. The minimum Gasteiger partial charge on any atom is -0.462 e. The van der Waals surface area contributed by atoms with E-state index in [0.717, 1.165) is 68.9 Å². The van der Waals surface area contributed by atoms with Crippen LogP contribution in [0.25, 0.3) is 0 Å². The lowest BCUT2D eigenvalue weighted by atomic mass is 10.0. The highest BCUT2D eigenvalue weighted by molar-refractivity contribution is 7.48. The SMILES string of the molecule is CCCCCCCC/C=C\CCCCCCCC(=O)OC[C@@H](COP(=O)(OCc1ccccc1)OCc1ccccc1)OC(=O)CCCCCCCCCCCCCCCCC. The first kappa shape index (κ1) is 55.4. The Kier molecular flexibility index (Phi) is 35.5. The van der Waals surface area contributed by atoms with Crippen LogP contribution in [0.4, 0.5) is 0 Å². The number of hydrogen-bond acceptors (Lipinski definition) is 8. The standard InChI is InChI=1S/C53H87O8P/c1-3-5-7-9-11-13-15-17-19-21-23-25-27-29-37-43-52(54)57-47-51(61-53(55)44-38-30-28-26-24-22-20-18-16-14-12-10-8-6-4-2)48-60-62(56,58-45-49-39-33-31-34-40-49)59-46-50-41-35-32-36-42-50/h17,19,31-36,39-42,51H,3-16,18,20-30,37-38,43-48H2,1-2H3/b19-17-/t51-/m0/s1. The fourth-order valence-corrected chi connectivity index (χ4v) is 8.53. The molecule has 0 aliphatic rings. The van der Waals surface area contributed by atoms with E-state index in [9.17, 15) is 14.2 Å². The van der Waals surface area contributed by atoms with Crippen LogP contribution < -0.4 is 0 Å². The van der Waals surface area contributed by atoms with Gasteiger partial charge in [0.25, 0.3) is 0 Å². The minimum atomic E-state index is -4.13. The maximum absolute atomic E-state index is 14.0. The lowest BCUT2D eigenvalue weighted by molar-refractivity contribution is -0.161. The second-order valence-corrected chi connectivity index (χ2v) is 18.8. The molecule has 0 aliphatic heterocycles. The van der Waals surface area contributed by atoms with Crippen LogP contribution >= 0.6 is 7.82 Å². The summed E-state index contributed by atoms with van der Waals surface area (Å²) in [6.45, 7) is 4.01. The van der Waals surface area contributed by atoms with Gasteiger partial charge < -0.3 is 9.47 Å². The van der Waals surface area contributed by atoms with Gasteiger partial charge in [0.2, 0.25) is 0 Å². The summed E-state index contributed by atoms with van der Waals surface area (Å²) in [6.07, 6.45) is 38.3. The van der Waals surface area contributed by atoms with Crippen molar-refractivity contribution >= 4 is 19.8 Å². The maximum atomic E-state index is 14.0. The van der Waals surface area contributed by atoms with Crippen molar-refractivity contribution in [3.8, 4) is 0 Å². The molecule has 0 amide bonds. The third-order valence-corrected chi connectivity index (χ3v) is 12.6. The zero-order valence-electron chi connectivity index (χ0n) is 39.3. The van der Waals surface area contributed by atoms with Crippen LogP contribution in [0.3, 0.4) is 0 Å². The van der Waals surface area contributed by atoms with Gasteiger partial charge >= 0.3 is 19.8 Å². The average molecular weight is 883 g/mol. The number of rotatable bonds is 43. The quantitative estimate of drug-likeness (QED) is 0.0281. The summed E-state index contributed by atoms with van der Waals surface area (Å²) in [5, 5.41) is 0. The first-order valence-corrected chi connectivity index (χ1v) is 26.5. The van der Waals surface area contributed by atoms with Crippen molar-refractivity contribution < 1.29 is 37.2 Å². The number of benzene rings is 2. The van der Waals surface area contributed by atoms with Gasteiger partial charge in [-0.2, -0.15) is 0 Å². The molecule has 2 aromatic rings. The van der Waals surface area contributed by atoms with Crippen molar-refractivity contribution in [3.63, 3.8) is 0 Å². The normalized spacial score (nSPS) is 12.2. The monoisotopic (exact) mass is 883 g/mol. The predicted octanol–water partition coefficient (Wildman–Crippen LogP) is 16.3. The van der Waals surface area contributed by atoms with Crippen molar-refractivity contribution in [2.45, 2.75) is 226 Å². The van der Waals surface area contributed by atoms with E-state index in [1.54, 1.807) is 0 Å². The molecule has 8 nitrogen and oxygen atoms in total. The van der Waals surface area contributed by atoms with Gasteiger partial charge in [0.15, 0.2) is 6.10 Å². The van der Waals surface area contributed by atoms with E-state index in [4.69, 9.17) is 23.0 Å². The van der Waals surface area contributed by atoms with Crippen LogP contribution in [-0.2, 0) is 50.4 Å². The Morgan fingerprint density at radius 2 is 0.839 bits per heavy atom. The van der Waals surface area contributed by atoms with E-state index in [-0.39, 0.29) is 45.2 Å². The van der Waals surface area contributed by atoms with Gasteiger partial charge in [-0.15, -0.1) is 0 Å². The van der Waals surface area contributed by atoms with E-state index >= 15 is 0 Å². The number of ether oxygens (including phenoxy) is 2. The lowest BCUT2D eigenvalue weighted by Crippen LogP contribution is -2.29. The van der Waals surface area contributed by atoms with Gasteiger partial charge in [0.05, 0.1) is 19.8 Å². The van der Waals surface area contributed by atoms with Gasteiger partial charge in [-0.3, -0.25) is 23.2 Å². The summed E-state index contributed by atoms with van der Waals surface area (Å²) >= 11 is 0. The Morgan fingerprint density at radius 1 is 0.468 bits per heavy atom. The summed E-state index contributed by atoms with van der Waals surface area (Å²) in [5.74, 6) is -0.748. The Balaban J connectivity index is 1.78. The Labute approximate surface area is 378 Å². The number of carbonyl (C=O) groups excluding carboxylic acids is 2. The molecule has 0 aliphatic carbocycles. The van der Waals surface area contributed by atoms with Crippen molar-refractivity contribution in [1.82, 2.24) is 0 Å². The van der Waals surface area contributed by atoms with Gasteiger partial charge in [-0.05, 0) is 49.7 Å². The van der Waals surface area contributed by atoms with Gasteiger partial charge in [-0.25, -0.2) is 4.57 Å². The molecule has 0 radical (unpaired) electrons. The van der Waals surface area contributed by atoms with Crippen LogP contribution in [0.1, 0.15) is 218 Å². The summed E-state index contributed by atoms with van der Waals surface area (Å²) in [6, 6.07) is 18.7. The topological polar surface area (TPSA) is 97.4 Å². The first-order valence-electron chi connectivity index (χ1n) is 25.1. The highest BCUT2D eigenvalue weighted by Crippen LogP contribution is 2.51. The highest BCUT2D eigenvalue weighted by atomic mass is 31.2. The molecule has 0 saturated heterocycles. The highest BCUT2D eigenvalue weighted by Gasteiger charge is 2.30. The molecule has 0 bridgehead atoms. The maximum Gasteiger partial charge on any atom is 0.475 e. The fraction of sp³-hybridized carbons (Fsp3) is 0.698. The van der Waals surface area contributed by atoms with E-state index < -0.39 is 19.9 Å². The molecule has 0 heterocycles. The molecule has 2 rings (SSSR count). The predicted molar refractivity (Wildman–Crippen MR) is 256 cm³/mol. The Bertz CT molecular complexity index is 1350.